The highest BCUT2D eigenvalue weighted by Crippen LogP contribution is 2.30. The summed E-state index contributed by atoms with van der Waals surface area (Å²) in [7, 11) is 0. The van der Waals surface area contributed by atoms with Gasteiger partial charge in [-0.3, -0.25) is 9.78 Å². The first kappa shape index (κ1) is 18.5. The molecule has 0 aliphatic rings. The Bertz CT molecular complexity index is 1060. The van der Waals surface area contributed by atoms with Crippen molar-refractivity contribution < 1.29 is 9.32 Å². The van der Waals surface area contributed by atoms with Gasteiger partial charge in [-0.1, -0.05) is 25.1 Å². The fraction of sp³-hybridized carbons (Fsp3) is 0.211. The van der Waals surface area contributed by atoms with Crippen LogP contribution in [0.5, 0.6) is 0 Å². The molecule has 4 aromatic heterocycles. The normalized spacial score (nSPS) is 12.2. The number of nitrogens with zero attached hydrogens (tertiary/aromatic N) is 4. The summed E-state index contributed by atoms with van der Waals surface area (Å²) in [6.07, 6.45) is 4.95. The van der Waals surface area contributed by atoms with E-state index in [1.807, 2.05) is 43.5 Å². The lowest BCUT2D eigenvalue weighted by Gasteiger charge is -2.17. The zero-order valence-electron chi connectivity index (χ0n) is 15.2. The average Bonchev–Trinajstić information content (AvgIpc) is 3.47. The van der Waals surface area contributed by atoms with Crippen LogP contribution >= 0.6 is 22.7 Å². The van der Waals surface area contributed by atoms with Crippen LogP contribution in [0.1, 0.15) is 35.5 Å². The summed E-state index contributed by atoms with van der Waals surface area (Å²) in [6.45, 7) is 3.98. The number of rotatable bonds is 6. The molecule has 7 nitrogen and oxygen atoms in total. The fourth-order valence-electron chi connectivity index (χ4n) is 2.59. The van der Waals surface area contributed by atoms with Crippen molar-refractivity contribution in [2.24, 2.45) is 5.92 Å². The quantitative estimate of drug-likeness (QED) is 0.504. The first-order valence-corrected chi connectivity index (χ1v) is 10.4. The smallest absolute Gasteiger partial charge is 0.263 e. The summed E-state index contributed by atoms with van der Waals surface area (Å²) in [5.74, 6) is 0.668. The standard InChI is InChI=1S/C19H17N5O2S2/c1-11(2)15(18-23-16(24-26-18)12-5-3-7-20-9-12)22-17(25)14-10-21-19(28-14)13-6-4-8-27-13/h3-11,15H,1-2H3,(H,22,25). The molecule has 28 heavy (non-hydrogen) atoms. The van der Waals surface area contributed by atoms with Crippen molar-refractivity contribution in [3.63, 3.8) is 0 Å². The van der Waals surface area contributed by atoms with Crippen LogP contribution < -0.4 is 5.32 Å². The van der Waals surface area contributed by atoms with Crippen molar-refractivity contribution in [1.82, 2.24) is 25.4 Å². The van der Waals surface area contributed by atoms with Gasteiger partial charge in [-0.25, -0.2) is 4.98 Å². The van der Waals surface area contributed by atoms with Crippen molar-refractivity contribution >= 4 is 28.6 Å². The van der Waals surface area contributed by atoms with E-state index in [-0.39, 0.29) is 11.8 Å². The van der Waals surface area contributed by atoms with Gasteiger partial charge in [0.15, 0.2) is 0 Å². The molecule has 0 bridgehead atoms. The molecule has 4 aromatic rings. The Hall–Kier alpha value is -2.91. The van der Waals surface area contributed by atoms with E-state index >= 15 is 0 Å². The van der Waals surface area contributed by atoms with E-state index in [4.69, 9.17) is 4.52 Å². The molecule has 1 atom stereocenters. The molecule has 1 unspecified atom stereocenters. The molecule has 1 amide bonds. The van der Waals surface area contributed by atoms with Gasteiger partial charge >= 0.3 is 0 Å². The summed E-state index contributed by atoms with van der Waals surface area (Å²) in [5.41, 5.74) is 0.759. The van der Waals surface area contributed by atoms with E-state index in [1.54, 1.807) is 29.9 Å². The van der Waals surface area contributed by atoms with Crippen molar-refractivity contribution in [2.45, 2.75) is 19.9 Å². The second kappa shape index (κ2) is 7.99. The fourth-order valence-corrected chi connectivity index (χ4v) is 4.22. The predicted octanol–water partition coefficient (Wildman–Crippen LogP) is 4.44. The number of amides is 1. The van der Waals surface area contributed by atoms with Crippen molar-refractivity contribution in [2.75, 3.05) is 0 Å². The Labute approximate surface area is 169 Å². The molecule has 4 rings (SSSR count). The van der Waals surface area contributed by atoms with E-state index in [1.165, 1.54) is 11.3 Å². The summed E-state index contributed by atoms with van der Waals surface area (Å²) in [5, 5.41) is 9.84. The summed E-state index contributed by atoms with van der Waals surface area (Å²) in [6, 6.07) is 7.21. The van der Waals surface area contributed by atoms with Crippen LogP contribution in [0.4, 0.5) is 0 Å². The zero-order valence-corrected chi connectivity index (χ0v) is 16.8. The lowest BCUT2D eigenvalue weighted by atomic mass is 10.0. The summed E-state index contributed by atoms with van der Waals surface area (Å²) in [4.78, 5) is 27.2. The third-order valence-corrected chi connectivity index (χ3v) is 6.08. The monoisotopic (exact) mass is 411 g/mol. The van der Waals surface area contributed by atoms with Gasteiger partial charge < -0.3 is 9.84 Å². The molecule has 9 heteroatoms. The average molecular weight is 412 g/mol. The van der Waals surface area contributed by atoms with Gasteiger partial charge in [0.25, 0.3) is 5.91 Å². The highest BCUT2D eigenvalue weighted by molar-refractivity contribution is 7.21. The third kappa shape index (κ3) is 3.85. The number of nitrogens with one attached hydrogen (secondary N) is 1. The Morgan fingerprint density at radius 2 is 2.11 bits per heavy atom. The molecular weight excluding hydrogens is 394 g/mol. The van der Waals surface area contributed by atoms with E-state index in [2.05, 4.69) is 25.4 Å². The van der Waals surface area contributed by atoms with Crippen LogP contribution in [0.2, 0.25) is 0 Å². The van der Waals surface area contributed by atoms with Gasteiger partial charge in [0.05, 0.1) is 11.1 Å². The first-order valence-electron chi connectivity index (χ1n) is 8.66. The lowest BCUT2D eigenvalue weighted by molar-refractivity contribution is 0.0918. The molecule has 0 fully saturated rings. The minimum Gasteiger partial charge on any atom is -0.339 e. The highest BCUT2D eigenvalue weighted by Gasteiger charge is 2.26. The van der Waals surface area contributed by atoms with Gasteiger partial charge in [0, 0.05) is 18.0 Å². The van der Waals surface area contributed by atoms with Gasteiger partial charge in [-0.05, 0) is 29.5 Å². The van der Waals surface area contributed by atoms with Crippen LogP contribution in [-0.2, 0) is 0 Å². The topological polar surface area (TPSA) is 93.8 Å². The predicted molar refractivity (Wildman–Crippen MR) is 108 cm³/mol. The number of hydrogen-bond donors (Lipinski definition) is 1. The van der Waals surface area contributed by atoms with Gasteiger partial charge in [0.1, 0.15) is 15.9 Å². The summed E-state index contributed by atoms with van der Waals surface area (Å²) < 4.78 is 5.43. The van der Waals surface area contributed by atoms with E-state index in [0.29, 0.717) is 16.6 Å². The van der Waals surface area contributed by atoms with Crippen LogP contribution in [0.25, 0.3) is 21.3 Å². The SMILES string of the molecule is CC(C)C(NC(=O)c1cnc(-c2cccs2)s1)c1nc(-c2cccnc2)no1. The maximum absolute atomic E-state index is 12.8. The number of aromatic nitrogens is 4. The largest absolute Gasteiger partial charge is 0.339 e. The number of thiazole rings is 1. The molecule has 4 heterocycles. The number of pyridine rings is 1. The molecule has 0 radical (unpaired) electrons. The lowest BCUT2D eigenvalue weighted by Crippen LogP contribution is -2.31. The molecular formula is C19H17N5O2S2. The van der Waals surface area contributed by atoms with E-state index < -0.39 is 6.04 Å². The van der Waals surface area contributed by atoms with Crippen LogP contribution in [0, 0.1) is 5.92 Å². The van der Waals surface area contributed by atoms with Crippen LogP contribution in [0.3, 0.4) is 0 Å². The minimum atomic E-state index is -0.405. The number of thiophene rings is 1. The molecule has 0 saturated heterocycles. The second-order valence-corrected chi connectivity index (χ2v) is 8.38. The van der Waals surface area contributed by atoms with Crippen LogP contribution in [-0.4, -0.2) is 26.0 Å². The third-order valence-electron chi connectivity index (χ3n) is 4.04. The van der Waals surface area contributed by atoms with E-state index in [9.17, 15) is 4.79 Å². The minimum absolute atomic E-state index is 0.0656. The molecule has 0 aromatic carbocycles. The van der Waals surface area contributed by atoms with Gasteiger partial charge in [-0.2, -0.15) is 4.98 Å². The highest BCUT2D eigenvalue weighted by atomic mass is 32.1. The number of carbonyl (C=O) groups excluding carboxylic acids is 1. The molecule has 1 N–H and O–H groups in total. The van der Waals surface area contributed by atoms with Gasteiger partial charge in [0.2, 0.25) is 11.7 Å². The van der Waals surface area contributed by atoms with Crippen molar-refractivity contribution in [3.8, 4) is 21.3 Å². The Morgan fingerprint density at radius 3 is 2.82 bits per heavy atom. The maximum atomic E-state index is 12.8. The second-order valence-electron chi connectivity index (χ2n) is 6.40. The number of carbonyl (C=O) groups is 1. The Kier molecular flexibility index (Phi) is 5.27. The first-order chi connectivity index (χ1) is 13.6. The molecule has 142 valence electrons. The van der Waals surface area contributed by atoms with Crippen molar-refractivity contribution in [3.05, 3.63) is 59.0 Å². The van der Waals surface area contributed by atoms with Gasteiger partial charge in [-0.15, -0.1) is 22.7 Å². The number of hydrogen-bond acceptors (Lipinski definition) is 8. The van der Waals surface area contributed by atoms with Crippen molar-refractivity contribution in [1.29, 1.82) is 0 Å². The maximum Gasteiger partial charge on any atom is 0.263 e. The van der Waals surface area contributed by atoms with E-state index in [0.717, 1.165) is 15.4 Å². The molecule has 0 aliphatic heterocycles. The van der Waals surface area contributed by atoms with Crippen LogP contribution in [0.15, 0.2) is 52.8 Å². The zero-order chi connectivity index (χ0) is 19.5. The summed E-state index contributed by atoms with van der Waals surface area (Å²) >= 11 is 2.96. The Morgan fingerprint density at radius 1 is 1.21 bits per heavy atom. The molecule has 0 aliphatic carbocycles. The Balaban J connectivity index is 1.53. The molecule has 0 spiro atoms. The molecule has 0 saturated carbocycles.